The van der Waals surface area contributed by atoms with E-state index in [1.807, 2.05) is 6.07 Å². The molecule has 1 amide bonds. The van der Waals surface area contributed by atoms with Crippen molar-refractivity contribution in [3.8, 4) is 11.5 Å². The minimum absolute atomic E-state index is 0.0217. The average molecular weight is 429 g/mol. The fraction of sp³-hybridized carbons (Fsp3) is 0.200. The van der Waals surface area contributed by atoms with E-state index in [1.165, 1.54) is 7.11 Å². The Morgan fingerprint density at radius 2 is 1.87 bits per heavy atom. The van der Waals surface area contributed by atoms with Crippen molar-refractivity contribution in [2.24, 2.45) is 0 Å². The van der Waals surface area contributed by atoms with Gasteiger partial charge in [0, 0.05) is 6.07 Å². The number of ether oxygens (including phenoxy) is 3. The van der Waals surface area contributed by atoms with Crippen LogP contribution < -0.4 is 14.8 Å². The van der Waals surface area contributed by atoms with Gasteiger partial charge >= 0.3 is 5.97 Å². The van der Waals surface area contributed by atoms with Crippen LogP contribution in [0.15, 0.2) is 58.2 Å². The number of anilines is 1. The first-order valence-electron chi connectivity index (χ1n) is 8.78. The topological polar surface area (TPSA) is 113 Å². The van der Waals surface area contributed by atoms with Crippen LogP contribution in [0, 0.1) is 0 Å². The van der Waals surface area contributed by atoms with Crippen molar-refractivity contribution in [3.63, 3.8) is 0 Å². The zero-order valence-electron chi connectivity index (χ0n) is 16.3. The molecule has 9 nitrogen and oxygen atoms in total. The molecule has 156 valence electrons. The van der Waals surface area contributed by atoms with Crippen molar-refractivity contribution < 1.29 is 28.2 Å². The molecule has 0 aliphatic carbocycles. The molecular weight excluding hydrogens is 410 g/mol. The summed E-state index contributed by atoms with van der Waals surface area (Å²) in [5.41, 5.74) is 0.640. The van der Waals surface area contributed by atoms with E-state index in [0.717, 1.165) is 11.8 Å². The van der Waals surface area contributed by atoms with Gasteiger partial charge in [-0.25, -0.2) is 4.79 Å². The van der Waals surface area contributed by atoms with Gasteiger partial charge in [0.2, 0.25) is 5.91 Å². The van der Waals surface area contributed by atoms with E-state index in [0.29, 0.717) is 17.2 Å². The number of benzene rings is 2. The van der Waals surface area contributed by atoms with Crippen molar-refractivity contribution >= 4 is 29.3 Å². The lowest BCUT2D eigenvalue weighted by Gasteiger charge is -2.08. The van der Waals surface area contributed by atoms with Crippen LogP contribution in [0.3, 0.4) is 0 Å². The van der Waals surface area contributed by atoms with Crippen molar-refractivity contribution in [2.45, 2.75) is 11.8 Å². The molecule has 1 aromatic heterocycles. The third kappa shape index (κ3) is 5.74. The number of nitrogens with zero attached hydrogens (tertiary/aromatic N) is 2. The summed E-state index contributed by atoms with van der Waals surface area (Å²) >= 11 is 1.07. The van der Waals surface area contributed by atoms with Crippen molar-refractivity contribution in [1.82, 2.24) is 10.2 Å². The molecule has 0 radical (unpaired) electrons. The van der Waals surface area contributed by atoms with Gasteiger partial charge in [0.25, 0.3) is 11.1 Å². The fourth-order valence-electron chi connectivity index (χ4n) is 2.38. The molecule has 3 rings (SSSR count). The van der Waals surface area contributed by atoms with Gasteiger partial charge in [-0.05, 0) is 24.3 Å². The molecule has 0 bridgehead atoms. The number of nitrogens with one attached hydrogen (secondary N) is 1. The monoisotopic (exact) mass is 429 g/mol. The van der Waals surface area contributed by atoms with Crippen LogP contribution in [0.4, 0.5) is 5.69 Å². The molecule has 0 aliphatic heterocycles. The zero-order chi connectivity index (χ0) is 21.3. The van der Waals surface area contributed by atoms with Gasteiger partial charge in [-0.3, -0.25) is 4.79 Å². The number of methoxy groups -OCH3 is 2. The number of esters is 1. The molecule has 0 fully saturated rings. The first kappa shape index (κ1) is 21.2. The number of thioether (sulfide) groups is 1. The van der Waals surface area contributed by atoms with E-state index >= 15 is 0 Å². The molecule has 1 heterocycles. The van der Waals surface area contributed by atoms with E-state index in [-0.39, 0.29) is 34.9 Å². The lowest BCUT2D eigenvalue weighted by Crippen LogP contribution is -2.17. The summed E-state index contributed by atoms with van der Waals surface area (Å²) in [6.45, 7) is 0.0828. The highest BCUT2D eigenvalue weighted by atomic mass is 32.2. The Labute approximate surface area is 176 Å². The maximum absolute atomic E-state index is 12.2. The van der Waals surface area contributed by atoms with E-state index in [9.17, 15) is 9.59 Å². The molecule has 0 saturated carbocycles. The second kappa shape index (κ2) is 10.3. The standard InChI is InChI=1S/C20H19N3O6S/c1-26-13-6-5-7-14(10-13)28-11-18-22-23-20(29-18)30-12-17(24)21-16-9-4-3-8-15(16)19(25)27-2/h3-10H,11-12H2,1-2H3,(H,21,24). The lowest BCUT2D eigenvalue weighted by atomic mass is 10.2. The summed E-state index contributed by atoms with van der Waals surface area (Å²) in [6.07, 6.45) is 0. The van der Waals surface area contributed by atoms with Crippen LogP contribution in [-0.2, 0) is 16.1 Å². The Kier molecular flexibility index (Phi) is 7.28. The number of hydrogen-bond acceptors (Lipinski definition) is 9. The first-order valence-corrected chi connectivity index (χ1v) is 9.77. The summed E-state index contributed by atoms with van der Waals surface area (Å²) in [4.78, 5) is 24.0. The molecule has 0 atom stereocenters. The molecule has 0 spiro atoms. The number of amides is 1. The molecule has 0 aliphatic rings. The van der Waals surface area contributed by atoms with Gasteiger partial charge in [0.1, 0.15) is 11.5 Å². The predicted molar refractivity (Wildman–Crippen MR) is 109 cm³/mol. The molecular formula is C20H19N3O6S. The van der Waals surface area contributed by atoms with Gasteiger partial charge < -0.3 is 23.9 Å². The smallest absolute Gasteiger partial charge is 0.339 e. The van der Waals surface area contributed by atoms with Gasteiger partial charge in [0.05, 0.1) is 31.2 Å². The second-order valence-electron chi connectivity index (χ2n) is 5.80. The second-order valence-corrected chi connectivity index (χ2v) is 6.73. The van der Waals surface area contributed by atoms with Crippen LogP contribution in [-0.4, -0.2) is 42.0 Å². The number of rotatable bonds is 9. The molecule has 0 unspecified atom stereocenters. The number of carbonyl (C=O) groups is 2. The number of para-hydroxylation sites is 1. The molecule has 0 saturated heterocycles. The largest absolute Gasteiger partial charge is 0.497 e. The highest BCUT2D eigenvalue weighted by molar-refractivity contribution is 7.99. The Morgan fingerprint density at radius 1 is 1.07 bits per heavy atom. The maximum Gasteiger partial charge on any atom is 0.339 e. The number of hydrogen-bond donors (Lipinski definition) is 1. The highest BCUT2D eigenvalue weighted by Crippen LogP contribution is 2.22. The van der Waals surface area contributed by atoms with E-state index in [4.69, 9.17) is 18.6 Å². The van der Waals surface area contributed by atoms with Gasteiger partial charge in [-0.15, -0.1) is 10.2 Å². The average Bonchev–Trinajstić information content (AvgIpc) is 3.24. The maximum atomic E-state index is 12.2. The Hall–Kier alpha value is -3.53. The van der Waals surface area contributed by atoms with E-state index < -0.39 is 5.97 Å². The summed E-state index contributed by atoms with van der Waals surface area (Å²) in [5, 5.41) is 10.7. The molecule has 3 aromatic rings. The van der Waals surface area contributed by atoms with Crippen molar-refractivity contribution in [3.05, 3.63) is 60.0 Å². The minimum Gasteiger partial charge on any atom is -0.497 e. The van der Waals surface area contributed by atoms with Crippen LogP contribution >= 0.6 is 11.8 Å². The Bertz CT molecular complexity index is 1020. The van der Waals surface area contributed by atoms with Crippen LogP contribution in [0.5, 0.6) is 11.5 Å². The normalized spacial score (nSPS) is 10.3. The Morgan fingerprint density at radius 3 is 2.67 bits per heavy atom. The third-order valence-electron chi connectivity index (χ3n) is 3.79. The zero-order valence-corrected chi connectivity index (χ0v) is 17.1. The minimum atomic E-state index is -0.531. The van der Waals surface area contributed by atoms with Gasteiger partial charge in [0.15, 0.2) is 6.61 Å². The summed E-state index contributed by atoms with van der Waals surface area (Å²) in [7, 11) is 2.85. The Balaban J connectivity index is 1.50. The summed E-state index contributed by atoms with van der Waals surface area (Å²) in [5.74, 6) is 0.713. The predicted octanol–water partition coefficient (Wildman–Crippen LogP) is 3.17. The van der Waals surface area contributed by atoms with E-state index in [2.05, 4.69) is 15.5 Å². The van der Waals surface area contributed by atoms with Crippen LogP contribution in [0.2, 0.25) is 0 Å². The van der Waals surface area contributed by atoms with Crippen LogP contribution in [0.1, 0.15) is 16.2 Å². The quantitative estimate of drug-likeness (QED) is 0.405. The highest BCUT2D eigenvalue weighted by Gasteiger charge is 2.15. The summed E-state index contributed by atoms with van der Waals surface area (Å²) < 4.78 is 20.9. The molecule has 10 heteroatoms. The van der Waals surface area contributed by atoms with E-state index in [1.54, 1.807) is 49.6 Å². The SMILES string of the molecule is COC(=O)c1ccccc1NC(=O)CSc1nnc(COc2cccc(OC)c2)o1. The summed E-state index contributed by atoms with van der Waals surface area (Å²) in [6, 6.07) is 13.7. The molecule has 1 N–H and O–H groups in total. The third-order valence-corrected chi connectivity index (χ3v) is 4.60. The number of aromatic nitrogens is 2. The van der Waals surface area contributed by atoms with Gasteiger partial charge in [-0.1, -0.05) is 30.0 Å². The molecule has 2 aromatic carbocycles. The fourth-order valence-corrected chi connectivity index (χ4v) is 2.96. The lowest BCUT2D eigenvalue weighted by molar-refractivity contribution is -0.113. The van der Waals surface area contributed by atoms with Gasteiger partial charge in [-0.2, -0.15) is 0 Å². The van der Waals surface area contributed by atoms with Crippen molar-refractivity contribution in [1.29, 1.82) is 0 Å². The van der Waals surface area contributed by atoms with Crippen molar-refractivity contribution in [2.75, 3.05) is 25.3 Å². The van der Waals surface area contributed by atoms with Crippen LogP contribution in [0.25, 0.3) is 0 Å². The first-order chi connectivity index (χ1) is 14.6. The molecule has 30 heavy (non-hydrogen) atoms. The number of carbonyl (C=O) groups excluding carboxylic acids is 2.